The normalized spacial score (nSPS) is 16.7. The lowest BCUT2D eigenvalue weighted by Gasteiger charge is -2.20. The molecule has 1 heterocycles. The standard InChI is InChI=1S/C26H29F3N4O3S.C2HF3O2/c1-4-33(15(2)34)20-10-11-21(36-3)22-23(20)37-25(31-22)32-24(35)17-8-9-19(13-17)30-14-16-6-5-7-18(12-16)26(27,28)29;3-2(4,5)1(6)7/h5-7,10-12,17,19,30H,4,8-9,13-14H2,1-3H3,(H,31,32,35);(H,6,7)/t17-,19+;/m1./s1. The highest BCUT2D eigenvalue weighted by Gasteiger charge is 2.38. The number of aliphatic carboxylic acids is 1. The van der Waals surface area contributed by atoms with Gasteiger partial charge in [0.25, 0.3) is 0 Å². The molecule has 1 aromatic heterocycles. The average Bonchev–Trinajstić information content (AvgIpc) is 3.59. The molecule has 1 fully saturated rings. The van der Waals surface area contributed by atoms with Crippen LogP contribution in [0.2, 0.25) is 0 Å². The van der Waals surface area contributed by atoms with Crippen molar-refractivity contribution < 1.29 is 50.6 Å². The number of aromatic nitrogens is 1. The van der Waals surface area contributed by atoms with E-state index in [0.717, 1.165) is 23.3 Å². The lowest BCUT2D eigenvalue weighted by atomic mass is 10.1. The summed E-state index contributed by atoms with van der Waals surface area (Å²) in [5, 5.41) is 13.7. The summed E-state index contributed by atoms with van der Waals surface area (Å²) in [6.45, 7) is 4.18. The summed E-state index contributed by atoms with van der Waals surface area (Å²) in [6, 6.07) is 8.86. The van der Waals surface area contributed by atoms with Crippen molar-refractivity contribution in [1.29, 1.82) is 0 Å². The van der Waals surface area contributed by atoms with E-state index in [-0.39, 0.29) is 23.8 Å². The zero-order chi connectivity index (χ0) is 32.8. The number of carboxylic acid groups (broad SMARTS) is 1. The number of rotatable bonds is 8. The minimum Gasteiger partial charge on any atom is -0.494 e. The number of alkyl halides is 6. The van der Waals surface area contributed by atoms with Gasteiger partial charge in [-0.25, -0.2) is 9.78 Å². The smallest absolute Gasteiger partial charge is 0.490 e. The van der Waals surface area contributed by atoms with E-state index in [0.29, 0.717) is 53.6 Å². The van der Waals surface area contributed by atoms with Gasteiger partial charge in [-0.2, -0.15) is 26.3 Å². The monoisotopic (exact) mass is 648 g/mol. The van der Waals surface area contributed by atoms with Gasteiger partial charge < -0.3 is 25.4 Å². The molecule has 2 atom stereocenters. The Kier molecular flexibility index (Phi) is 11.2. The first-order chi connectivity index (χ1) is 20.5. The fraction of sp³-hybridized carbons (Fsp3) is 0.429. The van der Waals surface area contributed by atoms with Crippen LogP contribution in [0.5, 0.6) is 5.75 Å². The van der Waals surface area contributed by atoms with Crippen LogP contribution in [-0.2, 0) is 27.1 Å². The van der Waals surface area contributed by atoms with E-state index in [1.807, 2.05) is 13.0 Å². The minimum atomic E-state index is -5.08. The van der Waals surface area contributed by atoms with Gasteiger partial charge in [-0.3, -0.25) is 9.59 Å². The molecule has 3 N–H and O–H groups in total. The van der Waals surface area contributed by atoms with Crippen LogP contribution in [-0.4, -0.2) is 53.7 Å². The number of nitrogens with zero attached hydrogens (tertiary/aromatic N) is 2. The molecule has 0 radical (unpaired) electrons. The Balaban J connectivity index is 0.000000676. The SMILES string of the molecule is CCN(C(C)=O)c1ccc(OC)c2nc(NC(=O)[C@@H]3CC[C@H](NCc4cccc(C(F)(F)F)c4)C3)sc12.O=C(O)C(F)(F)F. The third-order valence-corrected chi connectivity index (χ3v) is 7.81. The number of amides is 2. The first kappa shape index (κ1) is 34.6. The number of carbonyl (C=O) groups excluding carboxylic acids is 2. The van der Waals surface area contributed by atoms with Crippen LogP contribution in [0.4, 0.5) is 37.2 Å². The maximum absolute atomic E-state index is 13.0. The molecule has 1 aliphatic rings. The van der Waals surface area contributed by atoms with Crippen molar-refractivity contribution in [1.82, 2.24) is 10.3 Å². The molecule has 240 valence electrons. The van der Waals surface area contributed by atoms with Gasteiger partial charge in [0.15, 0.2) is 5.13 Å². The molecule has 3 aromatic rings. The van der Waals surface area contributed by atoms with Gasteiger partial charge in [-0.15, -0.1) is 0 Å². The molecule has 4 rings (SSSR count). The molecule has 9 nitrogen and oxygen atoms in total. The lowest BCUT2D eigenvalue weighted by molar-refractivity contribution is -0.192. The molecule has 0 saturated heterocycles. The summed E-state index contributed by atoms with van der Waals surface area (Å²) in [5.41, 5.74) is 1.17. The molecule has 0 unspecified atom stereocenters. The quantitative estimate of drug-likeness (QED) is 0.248. The number of ether oxygens (including phenoxy) is 1. The van der Waals surface area contributed by atoms with E-state index in [1.54, 1.807) is 24.1 Å². The summed E-state index contributed by atoms with van der Waals surface area (Å²) in [4.78, 5) is 40.2. The number of thiazole rings is 1. The molecule has 1 saturated carbocycles. The molecule has 44 heavy (non-hydrogen) atoms. The van der Waals surface area contributed by atoms with Crippen molar-refractivity contribution in [3.8, 4) is 5.75 Å². The van der Waals surface area contributed by atoms with Crippen molar-refractivity contribution in [2.24, 2.45) is 5.92 Å². The highest BCUT2D eigenvalue weighted by molar-refractivity contribution is 7.23. The van der Waals surface area contributed by atoms with Crippen LogP contribution in [0, 0.1) is 5.92 Å². The first-order valence-corrected chi connectivity index (χ1v) is 14.1. The van der Waals surface area contributed by atoms with E-state index in [4.69, 9.17) is 14.6 Å². The number of hydrogen-bond donors (Lipinski definition) is 3. The molecule has 2 aromatic carbocycles. The third kappa shape index (κ3) is 8.81. The number of benzene rings is 2. The summed E-state index contributed by atoms with van der Waals surface area (Å²) in [6.07, 6.45) is -7.46. The molecule has 0 spiro atoms. The van der Waals surface area contributed by atoms with Crippen LogP contribution >= 0.6 is 11.3 Å². The largest absolute Gasteiger partial charge is 0.494 e. The summed E-state index contributed by atoms with van der Waals surface area (Å²) >= 11 is 1.29. The van der Waals surface area contributed by atoms with Gasteiger partial charge in [-0.05, 0) is 49.9 Å². The third-order valence-electron chi connectivity index (χ3n) is 6.82. The highest BCUT2D eigenvalue weighted by Crippen LogP contribution is 2.40. The Labute approximate surface area is 252 Å². The Morgan fingerprint density at radius 2 is 1.80 bits per heavy atom. The Bertz CT molecular complexity index is 1490. The van der Waals surface area contributed by atoms with Crippen molar-refractivity contribution in [3.05, 3.63) is 47.5 Å². The molecule has 1 aliphatic carbocycles. The van der Waals surface area contributed by atoms with E-state index < -0.39 is 23.9 Å². The fourth-order valence-electron chi connectivity index (χ4n) is 4.70. The van der Waals surface area contributed by atoms with Gasteiger partial charge in [0.05, 0.1) is 23.1 Å². The number of nitrogens with one attached hydrogen (secondary N) is 2. The van der Waals surface area contributed by atoms with E-state index in [2.05, 4.69) is 15.6 Å². The maximum atomic E-state index is 13.0. The zero-order valence-electron chi connectivity index (χ0n) is 23.8. The van der Waals surface area contributed by atoms with Crippen molar-refractivity contribution in [2.75, 3.05) is 23.9 Å². The maximum Gasteiger partial charge on any atom is 0.490 e. The Morgan fingerprint density at radius 3 is 2.36 bits per heavy atom. The molecule has 2 amide bonds. The van der Waals surface area contributed by atoms with Gasteiger partial charge in [-0.1, -0.05) is 29.5 Å². The first-order valence-electron chi connectivity index (χ1n) is 13.3. The number of hydrogen-bond acceptors (Lipinski definition) is 7. The topological polar surface area (TPSA) is 121 Å². The van der Waals surface area contributed by atoms with Crippen molar-refractivity contribution in [3.63, 3.8) is 0 Å². The summed E-state index contributed by atoms with van der Waals surface area (Å²) < 4.78 is 76.8. The van der Waals surface area contributed by atoms with Crippen molar-refractivity contribution in [2.45, 2.75) is 58.0 Å². The Hall–Kier alpha value is -3.92. The van der Waals surface area contributed by atoms with Gasteiger partial charge in [0, 0.05) is 32.0 Å². The summed E-state index contributed by atoms with van der Waals surface area (Å²) in [5.74, 6) is -2.69. The zero-order valence-corrected chi connectivity index (χ0v) is 24.6. The van der Waals surface area contributed by atoms with E-state index in [9.17, 15) is 35.9 Å². The van der Waals surface area contributed by atoms with Crippen LogP contribution in [0.3, 0.4) is 0 Å². The second kappa shape index (κ2) is 14.2. The van der Waals surface area contributed by atoms with Gasteiger partial charge in [0.1, 0.15) is 11.3 Å². The van der Waals surface area contributed by atoms with Crippen LogP contribution < -0.4 is 20.3 Å². The number of anilines is 2. The van der Waals surface area contributed by atoms with Crippen LogP contribution in [0.1, 0.15) is 44.2 Å². The number of fused-ring (bicyclic) bond motifs is 1. The van der Waals surface area contributed by atoms with Crippen LogP contribution in [0.25, 0.3) is 10.2 Å². The predicted molar refractivity (Wildman–Crippen MR) is 152 cm³/mol. The number of halogens is 6. The lowest BCUT2D eigenvalue weighted by Crippen LogP contribution is -2.28. The molecule has 16 heteroatoms. The molecule has 0 bridgehead atoms. The highest BCUT2D eigenvalue weighted by atomic mass is 32.1. The summed E-state index contributed by atoms with van der Waals surface area (Å²) in [7, 11) is 1.54. The second-order valence-electron chi connectivity index (χ2n) is 9.83. The number of carbonyl (C=O) groups is 3. The average molecular weight is 649 g/mol. The Morgan fingerprint density at radius 1 is 1.11 bits per heavy atom. The second-order valence-corrected chi connectivity index (χ2v) is 10.8. The van der Waals surface area contributed by atoms with Crippen LogP contribution in [0.15, 0.2) is 36.4 Å². The van der Waals surface area contributed by atoms with Gasteiger partial charge >= 0.3 is 18.3 Å². The predicted octanol–water partition coefficient (Wildman–Crippen LogP) is 6.23. The van der Waals surface area contributed by atoms with Crippen molar-refractivity contribution >= 4 is 50.2 Å². The van der Waals surface area contributed by atoms with E-state index in [1.165, 1.54) is 24.3 Å². The molecular weight excluding hydrogens is 618 g/mol. The molecule has 0 aliphatic heterocycles. The minimum absolute atomic E-state index is 0.0287. The van der Waals surface area contributed by atoms with E-state index >= 15 is 0 Å². The number of carboxylic acids is 1. The van der Waals surface area contributed by atoms with Gasteiger partial charge in [0.2, 0.25) is 11.8 Å². The fourth-order valence-corrected chi connectivity index (χ4v) is 5.70. The number of methoxy groups -OCH3 is 1. The molecular formula is C28H30F6N4O5S.